The maximum Gasteiger partial charge on any atom is 0.233 e. The SMILES string of the molecule is CC(=O)Nc1ccc(SCC(=O)N(Cc2ccccc2)C(C)c2cccc(NC(C)=O)c2)cc1. The van der Waals surface area contributed by atoms with Gasteiger partial charge in [0, 0.05) is 36.7 Å². The summed E-state index contributed by atoms with van der Waals surface area (Å²) < 4.78 is 0. The van der Waals surface area contributed by atoms with E-state index in [1.54, 1.807) is 0 Å². The predicted molar refractivity (Wildman–Crippen MR) is 138 cm³/mol. The van der Waals surface area contributed by atoms with Crippen LogP contribution in [0, 0.1) is 0 Å². The predicted octanol–water partition coefficient (Wildman–Crippen LogP) is 5.49. The van der Waals surface area contributed by atoms with Crippen molar-refractivity contribution in [2.24, 2.45) is 0 Å². The van der Waals surface area contributed by atoms with Crippen molar-refractivity contribution in [3.63, 3.8) is 0 Å². The zero-order valence-corrected chi connectivity index (χ0v) is 20.4. The summed E-state index contributed by atoms with van der Waals surface area (Å²) in [5.41, 5.74) is 3.42. The van der Waals surface area contributed by atoms with Crippen molar-refractivity contribution in [3.05, 3.63) is 90.0 Å². The summed E-state index contributed by atoms with van der Waals surface area (Å²) in [6, 6.07) is 24.7. The fourth-order valence-electron chi connectivity index (χ4n) is 3.55. The summed E-state index contributed by atoms with van der Waals surface area (Å²) in [6.07, 6.45) is 0. The number of hydrogen-bond donors (Lipinski definition) is 2. The van der Waals surface area contributed by atoms with Crippen LogP contribution in [0.3, 0.4) is 0 Å². The first-order chi connectivity index (χ1) is 16.3. The van der Waals surface area contributed by atoms with E-state index in [0.717, 1.165) is 21.7 Å². The lowest BCUT2D eigenvalue weighted by molar-refractivity contribution is -0.131. The van der Waals surface area contributed by atoms with Gasteiger partial charge in [-0.1, -0.05) is 42.5 Å². The van der Waals surface area contributed by atoms with Crippen molar-refractivity contribution in [2.75, 3.05) is 16.4 Å². The number of nitrogens with zero attached hydrogens (tertiary/aromatic N) is 1. The fraction of sp³-hybridized carbons (Fsp3) is 0.222. The lowest BCUT2D eigenvalue weighted by Gasteiger charge is -2.30. The van der Waals surface area contributed by atoms with Crippen LogP contribution < -0.4 is 10.6 Å². The molecule has 0 bridgehead atoms. The lowest BCUT2D eigenvalue weighted by atomic mass is 10.0. The Labute approximate surface area is 204 Å². The van der Waals surface area contributed by atoms with Gasteiger partial charge in [0.1, 0.15) is 0 Å². The molecular weight excluding hydrogens is 446 g/mol. The van der Waals surface area contributed by atoms with Gasteiger partial charge < -0.3 is 15.5 Å². The molecule has 7 heteroatoms. The molecule has 0 radical (unpaired) electrons. The Morgan fingerprint density at radius 2 is 1.47 bits per heavy atom. The first-order valence-corrected chi connectivity index (χ1v) is 12.0. The Morgan fingerprint density at radius 3 is 2.12 bits per heavy atom. The molecule has 0 saturated heterocycles. The van der Waals surface area contributed by atoms with Crippen molar-refractivity contribution in [3.8, 4) is 0 Å². The second kappa shape index (κ2) is 12.0. The topological polar surface area (TPSA) is 78.5 Å². The van der Waals surface area contributed by atoms with Gasteiger partial charge >= 0.3 is 0 Å². The molecule has 3 amide bonds. The van der Waals surface area contributed by atoms with E-state index < -0.39 is 0 Å². The van der Waals surface area contributed by atoms with Crippen molar-refractivity contribution in [1.29, 1.82) is 0 Å². The molecule has 2 N–H and O–H groups in total. The van der Waals surface area contributed by atoms with Gasteiger partial charge in [0.15, 0.2) is 0 Å². The van der Waals surface area contributed by atoms with E-state index in [0.29, 0.717) is 12.2 Å². The van der Waals surface area contributed by atoms with Gasteiger partial charge in [-0.3, -0.25) is 14.4 Å². The van der Waals surface area contributed by atoms with Gasteiger partial charge in [-0.2, -0.15) is 0 Å². The number of thioether (sulfide) groups is 1. The van der Waals surface area contributed by atoms with E-state index in [-0.39, 0.29) is 29.5 Å². The molecule has 3 rings (SSSR count). The van der Waals surface area contributed by atoms with Crippen LogP contribution in [0.4, 0.5) is 11.4 Å². The van der Waals surface area contributed by atoms with E-state index in [4.69, 9.17) is 0 Å². The molecule has 0 fully saturated rings. The van der Waals surface area contributed by atoms with Crippen LogP contribution in [-0.4, -0.2) is 28.4 Å². The molecule has 0 aliphatic carbocycles. The van der Waals surface area contributed by atoms with Gasteiger partial charge in [0.05, 0.1) is 11.8 Å². The Balaban J connectivity index is 1.76. The number of carbonyl (C=O) groups is 3. The molecule has 0 aliphatic rings. The highest BCUT2D eigenvalue weighted by Gasteiger charge is 2.22. The average molecular weight is 476 g/mol. The minimum Gasteiger partial charge on any atom is -0.331 e. The van der Waals surface area contributed by atoms with Crippen LogP contribution in [0.15, 0.2) is 83.8 Å². The van der Waals surface area contributed by atoms with Crippen LogP contribution in [0.25, 0.3) is 0 Å². The minimum atomic E-state index is -0.191. The Morgan fingerprint density at radius 1 is 0.824 bits per heavy atom. The van der Waals surface area contributed by atoms with Crippen molar-refractivity contribution >= 4 is 40.9 Å². The average Bonchev–Trinajstić information content (AvgIpc) is 2.81. The largest absolute Gasteiger partial charge is 0.331 e. The third-order valence-electron chi connectivity index (χ3n) is 5.21. The first-order valence-electron chi connectivity index (χ1n) is 11.0. The highest BCUT2D eigenvalue weighted by Crippen LogP contribution is 2.27. The molecule has 0 saturated carbocycles. The smallest absolute Gasteiger partial charge is 0.233 e. The zero-order chi connectivity index (χ0) is 24.5. The van der Waals surface area contributed by atoms with Crippen molar-refractivity contribution in [1.82, 2.24) is 4.90 Å². The van der Waals surface area contributed by atoms with E-state index in [1.165, 1.54) is 25.6 Å². The fourth-order valence-corrected chi connectivity index (χ4v) is 4.33. The van der Waals surface area contributed by atoms with E-state index >= 15 is 0 Å². The summed E-state index contributed by atoms with van der Waals surface area (Å²) in [7, 11) is 0. The number of benzene rings is 3. The quantitative estimate of drug-likeness (QED) is 0.402. The second-order valence-electron chi connectivity index (χ2n) is 7.98. The second-order valence-corrected chi connectivity index (χ2v) is 9.03. The van der Waals surface area contributed by atoms with Crippen LogP contribution in [-0.2, 0) is 20.9 Å². The Hall–Kier alpha value is -3.58. The first kappa shape index (κ1) is 25.1. The molecule has 3 aromatic rings. The van der Waals surface area contributed by atoms with Gasteiger partial charge in [-0.25, -0.2) is 0 Å². The van der Waals surface area contributed by atoms with Crippen LogP contribution in [0.2, 0.25) is 0 Å². The number of carbonyl (C=O) groups excluding carboxylic acids is 3. The molecular formula is C27H29N3O3S. The van der Waals surface area contributed by atoms with Crippen LogP contribution in [0.1, 0.15) is 37.9 Å². The summed E-state index contributed by atoms with van der Waals surface area (Å²) in [4.78, 5) is 38.9. The molecule has 0 heterocycles. The number of hydrogen-bond acceptors (Lipinski definition) is 4. The van der Waals surface area contributed by atoms with Gasteiger partial charge in [-0.15, -0.1) is 11.8 Å². The van der Waals surface area contributed by atoms with Gasteiger partial charge in [-0.05, 0) is 54.4 Å². The normalized spacial score (nSPS) is 11.4. The van der Waals surface area contributed by atoms with Crippen molar-refractivity contribution < 1.29 is 14.4 Å². The molecule has 0 spiro atoms. The summed E-state index contributed by atoms with van der Waals surface area (Å²) in [6.45, 7) is 5.42. The molecule has 1 atom stereocenters. The summed E-state index contributed by atoms with van der Waals surface area (Å²) in [5, 5.41) is 5.55. The molecule has 1 unspecified atom stereocenters. The third-order valence-corrected chi connectivity index (χ3v) is 6.21. The Bertz CT molecular complexity index is 1130. The van der Waals surface area contributed by atoms with Gasteiger partial charge in [0.25, 0.3) is 0 Å². The molecule has 6 nitrogen and oxygen atoms in total. The monoisotopic (exact) mass is 475 g/mol. The highest BCUT2D eigenvalue weighted by molar-refractivity contribution is 8.00. The maximum atomic E-state index is 13.4. The van der Waals surface area contributed by atoms with E-state index in [9.17, 15) is 14.4 Å². The number of rotatable bonds is 9. The van der Waals surface area contributed by atoms with E-state index in [2.05, 4.69) is 10.6 Å². The lowest BCUT2D eigenvalue weighted by Crippen LogP contribution is -2.34. The molecule has 0 aromatic heterocycles. The Kier molecular flexibility index (Phi) is 8.87. The standard InChI is InChI=1S/C27H29N3O3S/c1-19(23-10-7-11-25(16-23)29-21(3)32)30(17-22-8-5-4-6-9-22)27(33)18-34-26-14-12-24(13-15-26)28-20(2)31/h4-16,19H,17-18H2,1-3H3,(H,28,31)(H,29,32). The summed E-state index contributed by atoms with van der Waals surface area (Å²) in [5.74, 6) is 0.0334. The molecule has 34 heavy (non-hydrogen) atoms. The van der Waals surface area contributed by atoms with Crippen LogP contribution in [0.5, 0.6) is 0 Å². The molecule has 176 valence electrons. The maximum absolute atomic E-state index is 13.4. The van der Waals surface area contributed by atoms with E-state index in [1.807, 2.05) is 90.7 Å². The van der Waals surface area contributed by atoms with Gasteiger partial charge in [0.2, 0.25) is 17.7 Å². The molecule has 0 aliphatic heterocycles. The summed E-state index contributed by atoms with van der Waals surface area (Å²) >= 11 is 1.46. The minimum absolute atomic E-state index is 0.0113. The third kappa shape index (κ3) is 7.49. The van der Waals surface area contributed by atoms with Crippen LogP contribution >= 0.6 is 11.8 Å². The molecule has 3 aromatic carbocycles. The zero-order valence-electron chi connectivity index (χ0n) is 19.6. The number of amides is 3. The van der Waals surface area contributed by atoms with Crippen molar-refractivity contribution in [2.45, 2.75) is 38.3 Å². The number of anilines is 2. The number of nitrogens with one attached hydrogen (secondary N) is 2. The highest BCUT2D eigenvalue weighted by atomic mass is 32.2.